The number of carbonyl (C=O) groups excluding carboxylic acids is 1. The molecule has 2 aromatic carbocycles. The van der Waals surface area contributed by atoms with Crippen molar-refractivity contribution >= 4 is 5.91 Å². The molecule has 0 saturated heterocycles. The van der Waals surface area contributed by atoms with Crippen LogP contribution in [-0.4, -0.2) is 37.4 Å². The number of phenols is 1. The van der Waals surface area contributed by atoms with Crippen molar-refractivity contribution in [3.8, 4) is 23.0 Å². The number of benzene rings is 2. The van der Waals surface area contributed by atoms with Gasteiger partial charge in [-0.3, -0.25) is 4.79 Å². The standard InChI is InChI=1S/C34H53NO5/c1-2-3-4-5-6-7-8-9-10-11-12-13-14-15-16-17-27-38-29-34(37)35-26-28-39-31-22-24-33(25-23-31)40-32-20-18-30(36)19-21-32/h18-25,36H,2-17,26-29H2,1H3,(H,35,37). The molecule has 0 aliphatic carbocycles. The Kier molecular flexibility index (Phi) is 19.3. The lowest BCUT2D eigenvalue weighted by Crippen LogP contribution is -2.31. The van der Waals surface area contributed by atoms with Gasteiger partial charge < -0.3 is 24.6 Å². The van der Waals surface area contributed by atoms with Gasteiger partial charge in [0.1, 0.15) is 36.2 Å². The SMILES string of the molecule is CCCCCCCCCCCCCCCCCCOCC(=O)NCCOc1ccc(Oc2ccc(O)cc2)cc1. The summed E-state index contributed by atoms with van der Waals surface area (Å²) in [4.78, 5) is 11.9. The maximum absolute atomic E-state index is 11.9. The van der Waals surface area contributed by atoms with Crippen LogP contribution in [0.2, 0.25) is 0 Å². The van der Waals surface area contributed by atoms with Gasteiger partial charge >= 0.3 is 0 Å². The Bertz CT molecular complexity index is 869. The summed E-state index contributed by atoms with van der Waals surface area (Å²) < 4.78 is 16.9. The summed E-state index contributed by atoms with van der Waals surface area (Å²) in [5.74, 6) is 2.11. The molecule has 2 rings (SSSR count). The van der Waals surface area contributed by atoms with Crippen LogP contribution in [0.4, 0.5) is 0 Å². The molecule has 40 heavy (non-hydrogen) atoms. The van der Waals surface area contributed by atoms with Gasteiger partial charge in [0, 0.05) is 6.61 Å². The van der Waals surface area contributed by atoms with E-state index in [1.165, 1.54) is 96.3 Å². The van der Waals surface area contributed by atoms with Crippen molar-refractivity contribution in [2.45, 2.75) is 110 Å². The third-order valence-corrected chi connectivity index (χ3v) is 6.96. The maximum Gasteiger partial charge on any atom is 0.246 e. The van der Waals surface area contributed by atoms with E-state index in [9.17, 15) is 9.90 Å². The van der Waals surface area contributed by atoms with Crippen molar-refractivity contribution in [1.29, 1.82) is 0 Å². The lowest BCUT2D eigenvalue weighted by atomic mass is 10.0. The number of hydrogen-bond donors (Lipinski definition) is 2. The summed E-state index contributed by atoms with van der Waals surface area (Å²) >= 11 is 0. The Hall–Kier alpha value is -2.73. The Morgan fingerprint density at radius 1 is 0.625 bits per heavy atom. The predicted octanol–water partition coefficient (Wildman–Crippen LogP) is 8.96. The average molecular weight is 556 g/mol. The minimum atomic E-state index is -0.113. The first kappa shape index (κ1) is 33.5. The zero-order valence-corrected chi connectivity index (χ0v) is 24.8. The van der Waals surface area contributed by atoms with E-state index in [0.29, 0.717) is 37.0 Å². The number of carbonyl (C=O) groups is 1. The van der Waals surface area contributed by atoms with Crippen LogP contribution in [0.25, 0.3) is 0 Å². The molecule has 6 nitrogen and oxygen atoms in total. The first-order chi connectivity index (χ1) is 19.7. The molecule has 0 aliphatic heterocycles. The van der Waals surface area contributed by atoms with E-state index in [-0.39, 0.29) is 18.3 Å². The summed E-state index contributed by atoms with van der Waals surface area (Å²) in [6.07, 6.45) is 21.6. The third-order valence-electron chi connectivity index (χ3n) is 6.96. The molecule has 0 atom stereocenters. The number of unbranched alkanes of at least 4 members (excludes halogenated alkanes) is 15. The molecule has 0 radical (unpaired) electrons. The van der Waals surface area contributed by atoms with E-state index in [4.69, 9.17) is 14.2 Å². The van der Waals surface area contributed by atoms with E-state index in [2.05, 4.69) is 12.2 Å². The first-order valence-corrected chi connectivity index (χ1v) is 15.7. The average Bonchev–Trinajstić information content (AvgIpc) is 2.96. The minimum Gasteiger partial charge on any atom is -0.508 e. The van der Waals surface area contributed by atoms with Gasteiger partial charge in [0.05, 0.1) is 6.54 Å². The number of amides is 1. The molecule has 0 fully saturated rings. The topological polar surface area (TPSA) is 77.0 Å². The van der Waals surface area contributed by atoms with E-state index >= 15 is 0 Å². The molecular formula is C34H53NO5. The van der Waals surface area contributed by atoms with Gasteiger partial charge in [-0.25, -0.2) is 0 Å². The number of aromatic hydroxyl groups is 1. The Balaban J connectivity index is 1.32. The predicted molar refractivity (Wildman–Crippen MR) is 163 cm³/mol. The van der Waals surface area contributed by atoms with Crippen molar-refractivity contribution < 1.29 is 24.1 Å². The van der Waals surface area contributed by atoms with Crippen LogP contribution in [0.5, 0.6) is 23.0 Å². The fraction of sp³-hybridized carbons (Fsp3) is 0.618. The molecule has 2 N–H and O–H groups in total. The number of hydrogen-bond acceptors (Lipinski definition) is 5. The van der Waals surface area contributed by atoms with Gasteiger partial charge in [0.15, 0.2) is 0 Å². The summed E-state index contributed by atoms with van der Waals surface area (Å²) in [6.45, 7) is 3.82. The van der Waals surface area contributed by atoms with Crippen LogP contribution in [0.3, 0.4) is 0 Å². The smallest absolute Gasteiger partial charge is 0.246 e. The second kappa shape index (κ2) is 23.0. The number of rotatable bonds is 25. The molecule has 6 heteroatoms. The van der Waals surface area contributed by atoms with Gasteiger partial charge in [-0.1, -0.05) is 103 Å². The highest BCUT2D eigenvalue weighted by Gasteiger charge is 2.03. The van der Waals surface area contributed by atoms with Gasteiger partial charge in [0.25, 0.3) is 0 Å². The fourth-order valence-corrected chi connectivity index (χ4v) is 4.58. The molecule has 1 amide bonds. The Morgan fingerprint density at radius 2 is 1.07 bits per heavy atom. The van der Waals surface area contributed by atoms with Crippen LogP contribution in [-0.2, 0) is 9.53 Å². The van der Waals surface area contributed by atoms with Crippen molar-refractivity contribution in [2.24, 2.45) is 0 Å². The highest BCUT2D eigenvalue weighted by Crippen LogP contribution is 2.25. The highest BCUT2D eigenvalue weighted by molar-refractivity contribution is 5.77. The molecule has 0 bridgehead atoms. The van der Waals surface area contributed by atoms with E-state index in [1.807, 2.05) is 24.3 Å². The van der Waals surface area contributed by atoms with Gasteiger partial charge in [0.2, 0.25) is 5.91 Å². The summed E-state index contributed by atoms with van der Waals surface area (Å²) in [6, 6.07) is 13.8. The quantitative estimate of drug-likeness (QED) is 0.120. The molecule has 0 saturated carbocycles. The second-order valence-corrected chi connectivity index (χ2v) is 10.6. The van der Waals surface area contributed by atoms with Crippen molar-refractivity contribution in [1.82, 2.24) is 5.32 Å². The van der Waals surface area contributed by atoms with Crippen molar-refractivity contribution in [3.05, 3.63) is 48.5 Å². The van der Waals surface area contributed by atoms with Crippen LogP contribution < -0.4 is 14.8 Å². The molecular weight excluding hydrogens is 502 g/mol. The van der Waals surface area contributed by atoms with Crippen LogP contribution >= 0.6 is 0 Å². The van der Waals surface area contributed by atoms with Gasteiger partial charge in [-0.15, -0.1) is 0 Å². The summed E-state index contributed by atoms with van der Waals surface area (Å²) in [5.41, 5.74) is 0. The van der Waals surface area contributed by atoms with Crippen LogP contribution in [0, 0.1) is 0 Å². The van der Waals surface area contributed by atoms with E-state index in [1.54, 1.807) is 24.3 Å². The maximum atomic E-state index is 11.9. The monoisotopic (exact) mass is 555 g/mol. The fourth-order valence-electron chi connectivity index (χ4n) is 4.58. The minimum absolute atomic E-state index is 0.0992. The number of phenolic OH excluding ortho intramolecular Hbond substituents is 1. The molecule has 224 valence electrons. The summed E-state index contributed by atoms with van der Waals surface area (Å²) in [5, 5.41) is 12.2. The largest absolute Gasteiger partial charge is 0.508 e. The zero-order chi connectivity index (χ0) is 28.5. The molecule has 2 aromatic rings. The van der Waals surface area contributed by atoms with Gasteiger partial charge in [-0.05, 0) is 55.0 Å². The number of nitrogens with one attached hydrogen (secondary N) is 1. The first-order valence-electron chi connectivity index (χ1n) is 15.7. The van der Waals surface area contributed by atoms with E-state index < -0.39 is 0 Å². The van der Waals surface area contributed by atoms with Crippen molar-refractivity contribution in [3.63, 3.8) is 0 Å². The zero-order valence-electron chi connectivity index (χ0n) is 24.8. The molecule has 0 aliphatic rings. The lowest BCUT2D eigenvalue weighted by molar-refractivity contribution is -0.125. The molecule has 0 unspecified atom stereocenters. The molecule has 0 aromatic heterocycles. The van der Waals surface area contributed by atoms with Crippen LogP contribution in [0.1, 0.15) is 110 Å². The van der Waals surface area contributed by atoms with Gasteiger partial charge in [-0.2, -0.15) is 0 Å². The lowest BCUT2D eigenvalue weighted by Gasteiger charge is -2.10. The highest BCUT2D eigenvalue weighted by atomic mass is 16.5. The third kappa shape index (κ3) is 17.8. The van der Waals surface area contributed by atoms with Crippen LogP contribution in [0.15, 0.2) is 48.5 Å². The number of ether oxygens (including phenoxy) is 3. The second-order valence-electron chi connectivity index (χ2n) is 10.6. The van der Waals surface area contributed by atoms with E-state index in [0.717, 1.165) is 6.42 Å². The molecule has 0 spiro atoms. The summed E-state index contributed by atoms with van der Waals surface area (Å²) in [7, 11) is 0. The Morgan fingerprint density at radius 3 is 1.60 bits per heavy atom. The van der Waals surface area contributed by atoms with Crippen molar-refractivity contribution in [2.75, 3.05) is 26.4 Å². The Labute approximate surface area is 242 Å². The normalized spacial score (nSPS) is 10.9. The molecule has 0 heterocycles.